The summed E-state index contributed by atoms with van der Waals surface area (Å²) in [6, 6.07) is 0. The van der Waals surface area contributed by atoms with Gasteiger partial charge in [-0.15, -0.1) is 0 Å². The van der Waals surface area contributed by atoms with Crippen LogP contribution in [0.2, 0.25) is 0 Å². The Hall–Kier alpha value is -2.38. The van der Waals surface area contributed by atoms with Crippen molar-refractivity contribution >= 4 is 0 Å². The van der Waals surface area contributed by atoms with Gasteiger partial charge in [-0.25, -0.2) is 0 Å². The Morgan fingerprint density at radius 3 is 2.22 bits per heavy atom. The zero-order valence-electron chi connectivity index (χ0n) is 28.1. The Balaban J connectivity index is 1.82. The van der Waals surface area contributed by atoms with Gasteiger partial charge >= 0.3 is 0 Å². The Labute approximate surface area is 254 Å². The van der Waals surface area contributed by atoms with Gasteiger partial charge in [-0.05, 0) is 108 Å². The van der Waals surface area contributed by atoms with E-state index < -0.39 is 0 Å². The maximum Gasteiger partial charge on any atom is 0.0548 e. The van der Waals surface area contributed by atoms with Crippen LogP contribution in [0.3, 0.4) is 0 Å². The summed E-state index contributed by atoms with van der Waals surface area (Å²) in [5.41, 5.74) is 8.74. The van der Waals surface area contributed by atoms with E-state index in [2.05, 4.69) is 142 Å². The van der Waals surface area contributed by atoms with E-state index in [-0.39, 0.29) is 16.9 Å². The lowest BCUT2D eigenvalue weighted by Gasteiger charge is -2.43. The molecule has 0 spiro atoms. The van der Waals surface area contributed by atoms with Crippen LogP contribution < -0.4 is 0 Å². The second-order valence-corrected chi connectivity index (χ2v) is 14.3. The van der Waals surface area contributed by atoms with Gasteiger partial charge in [-0.2, -0.15) is 0 Å². The van der Waals surface area contributed by atoms with Crippen molar-refractivity contribution < 1.29 is 5.11 Å². The van der Waals surface area contributed by atoms with Crippen molar-refractivity contribution in [2.45, 2.75) is 120 Å². The maximum atomic E-state index is 10.1. The molecule has 226 valence electrons. The maximum absolute atomic E-state index is 10.1. The van der Waals surface area contributed by atoms with Crippen LogP contribution in [0.15, 0.2) is 106 Å². The van der Waals surface area contributed by atoms with Crippen LogP contribution in [0.5, 0.6) is 0 Å². The van der Waals surface area contributed by atoms with E-state index in [0.29, 0.717) is 11.8 Å². The number of allylic oxidation sites excluding steroid dienone is 18. The molecule has 0 unspecified atom stereocenters. The minimum Gasteiger partial charge on any atom is -0.393 e. The molecule has 0 aromatic carbocycles. The molecule has 41 heavy (non-hydrogen) atoms. The highest BCUT2D eigenvalue weighted by Gasteiger charge is 2.38. The topological polar surface area (TPSA) is 20.2 Å². The molecule has 0 bridgehead atoms. The van der Waals surface area contributed by atoms with Gasteiger partial charge in [0.2, 0.25) is 0 Å². The molecule has 2 aliphatic carbocycles. The fourth-order valence-corrected chi connectivity index (χ4v) is 6.67. The van der Waals surface area contributed by atoms with E-state index in [1.165, 1.54) is 47.1 Å². The molecule has 0 saturated heterocycles. The summed E-state index contributed by atoms with van der Waals surface area (Å²) in [6.45, 7) is 22.6. The number of hydrogen-bond donors (Lipinski definition) is 1. The monoisotopic (exact) mass is 556 g/mol. The molecule has 3 atom stereocenters. The summed E-state index contributed by atoms with van der Waals surface area (Å²) in [4.78, 5) is 0. The van der Waals surface area contributed by atoms with Gasteiger partial charge in [0.1, 0.15) is 0 Å². The average Bonchev–Trinajstić information content (AvgIpc) is 2.84. The van der Waals surface area contributed by atoms with Crippen LogP contribution in [-0.4, -0.2) is 11.2 Å². The second-order valence-electron chi connectivity index (χ2n) is 14.3. The first kappa shape index (κ1) is 34.8. The average molecular weight is 557 g/mol. The number of aliphatic hydroxyl groups excluding tert-OH is 1. The molecule has 0 heterocycles. The molecule has 0 aromatic rings. The summed E-state index contributed by atoms with van der Waals surface area (Å²) in [7, 11) is 0. The number of aliphatic hydroxyl groups is 1. The van der Waals surface area contributed by atoms with Gasteiger partial charge in [0.05, 0.1) is 6.10 Å². The molecule has 1 saturated carbocycles. The molecule has 1 nitrogen and oxygen atoms in total. The smallest absolute Gasteiger partial charge is 0.0548 e. The van der Waals surface area contributed by atoms with E-state index in [9.17, 15) is 5.11 Å². The van der Waals surface area contributed by atoms with Gasteiger partial charge in [0, 0.05) is 0 Å². The predicted octanol–water partition coefficient (Wildman–Crippen LogP) is 11.7. The third-order valence-corrected chi connectivity index (χ3v) is 9.12. The number of rotatable bonds is 11. The summed E-state index contributed by atoms with van der Waals surface area (Å²) in [6.07, 6.45) is 34.4. The molecule has 0 aromatic heterocycles. The minimum absolute atomic E-state index is 0.151. The Morgan fingerprint density at radius 1 is 0.878 bits per heavy atom. The first-order valence-corrected chi connectivity index (χ1v) is 16.0. The minimum atomic E-state index is -0.151. The second kappa shape index (κ2) is 16.3. The Kier molecular flexibility index (Phi) is 13.8. The summed E-state index contributed by atoms with van der Waals surface area (Å²) >= 11 is 0. The van der Waals surface area contributed by atoms with Crippen LogP contribution in [0.4, 0.5) is 0 Å². The predicted molar refractivity (Wildman–Crippen MR) is 183 cm³/mol. The highest BCUT2D eigenvalue weighted by molar-refractivity contribution is 5.37. The van der Waals surface area contributed by atoms with Crippen molar-refractivity contribution in [1.82, 2.24) is 0 Å². The molecule has 1 N–H and O–H groups in total. The molecule has 0 amide bonds. The van der Waals surface area contributed by atoms with Gasteiger partial charge in [-0.1, -0.05) is 135 Å². The molecule has 0 aliphatic heterocycles. The van der Waals surface area contributed by atoms with E-state index in [1.54, 1.807) is 5.57 Å². The molecular weight excluding hydrogens is 496 g/mol. The van der Waals surface area contributed by atoms with E-state index in [0.717, 1.165) is 25.7 Å². The van der Waals surface area contributed by atoms with Crippen LogP contribution in [0.25, 0.3) is 0 Å². The van der Waals surface area contributed by atoms with Crippen LogP contribution in [0.1, 0.15) is 114 Å². The molecule has 1 heteroatoms. The zero-order valence-corrected chi connectivity index (χ0v) is 28.1. The van der Waals surface area contributed by atoms with Crippen molar-refractivity contribution in [1.29, 1.82) is 0 Å². The van der Waals surface area contributed by atoms with Crippen molar-refractivity contribution in [3.8, 4) is 0 Å². The van der Waals surface area contributed by atoms with Crippen molar-refractivity contribution in [3.63, 3.8) is 0 Å². The van der Waals surface area contributed by atoms with E-state index in [1.807, 2.05) is 0 Å². The Morgan fingerprint density at radius 2 is 1.54 bits per heavy atom. The lowest BCUT2D eigenvalue weighted by Crippen LogP contribution is -2.38. The zero-order chi connectivity index (χ0) is 30.6. The van der Waals surface area contributed by atoms with Gasteiger partial charge in [0.25, 0.3) is 0 Å². The SMILES string of the molecule is CC1=C(/C=C/C(C)=C/C=C/C(C)=C/C=C/C=C(\C)CC/C=C(C)/C=C\[C@H]2[C@@H](C)C[C@H](O)CC2(C)C)C(C)(C)CCC1. The largest absolute Gasteiger partial charge is 0.393 e. The number of hydrogen-bond acceptors (Lipinski definition) is 1. The lowest BCUT2D eigenvalue weighted by atomic mass is 9.63. The fraction of sp³-hybridized carbons (Fsp3) is 0.550. The van der Waals surface area contributed by atoms with Gasteiger partial charge in [0.15, 0.2) is 0 Å². The molecule has 2 rings (SSSR count). The summed E-state index contributed by atoms with van der Waals surface area (Å²) < 4.78 is 0. The first-order valence-electron chi connectivity index (χ1n) is 16.0. The van der Waals surface area contributed by atoms with Crippen molar-refractivity contribution in [3.05, 3.63) is 106 Å². The van der Waals surface area contributed by atoms with E-state index in [4.69, 9.17) is 0 Å². The van der Waals surface area contributed by atoms with E-state index >= 15 is 0 Å². The first-order chi connectivity index (χ1) is 19.2. The fourth-order valence-electron chi connectivity index (χ4n) is 6.67. The summed E-state index contributed by atoms with van der Waals surface area (Å²) in [5, 5.41) is 10.1. The highest BCUT2D eigenvalue weighted by Crippen LogP contribution is 2.45. The van der Waals surface area contributed by atoms with Crippen LogP contribution >= 0.6 is 0 Å². The molecule has 0 radical (unpaired) electrons. The molecule has 2 aliphatic rings. The normalized spacial score (nSPS) is 26.9. The Bertz CT molecular complexity index is 1140. The van der Waals surface area contributed by atoms with Gasteiger partial charge < -0.3 is 5.11 Å². The van der Waals surface area contributed by atoms with Crippen molar-refractivity contribution in [2.75, 3.05) is 0 Å². The van der Waals surface area contributed by atoms with Crippen LogP contribution in [0, 0.1) is 22.7 Å². The third kappa shape index (κ3) is 12.2. The lowest BCUT2D eigenvalue weighted by molar-refractivity contribution is 0.00771. The summed E-state index contributed by atoms with van der Waals surface area (Å²) in [5.74, 6) is 1.04. The highest BCUT2D eigenvalue weighted by atomic mass is 16.3. The van der Waals surface area contributed by atoms with Gasteiger partial charge in [-0.3, -0.25) is 0 Å². The molecule has 1 fully saturated rings. The van der Waals surface area contributed by atoms with Crippen LogP contribution in [-0.2, 0) is 0 Å². The quantitative estimate of drug-likeness (QED) is 0.251. The third-order valence-electron chi connectivity index (χ3n) is 9.12. The standard InChI is InChI=1S/C40H60O/c1-30(18-13-20-32(3)23-25-37-34(5)22-15-27-39(37,7)8)16-11-12-17-31(2)19-14-21-33(4)24-26-38-35(6)28-36(41)29-40(38,9)10/h11-13,16-18,20-21,23-26,35-36,38,41H,14-15,19,22,27-29H2,1-10H3/b12-11+,18-13+,25-23+,26-24-,30-16+,31-17+,32-20+,33-21+/t35-,36-,38-/m0/s1. The molecular formula is C40H60O. The van der Waals surface area contributed by atoms with Crippen molar-refractivity contribution in [2.24, 2.45) is 22.7 Å².